The van der Waals surface area contributed by atoms with Crippen LogP contribution in [0.1, 0.15) is 25.0 Å². The van der Waals surface area contributed by atoms with Crippen LogP contribution in [0.4, 0.5) is 17.6 Å². The summed E-state index contributed by atoms with van der Waals surface area (Å²) in [4.78, 5) is 3.61. The Balaban J connectivity index is 2.17. The summed E-state index contributed by atoms with van der Waals surface area (Å²) >= 11 is 0. The lowest BCUT2D eigenvalue weighted by atomic mass is 9.95. The molecular formula is C26H33F4N3O5SSi. The summed E-state index contributed by atoms with van der Waals surface area (Å²) in [6.07, 6.45) is -4.64. The minimum atomic E-state index is -5.16. The zero-order valence-corrected chi connectivity index (χ0v) is 25.0. The topological polar surface area (TPSA) is 104 Å². The molecule has 8 nitrogen and oxygen atoms in total. The van der Waals surface area contributed by atoms with Crippen molar-refractivity contribution in [2.45, 2.75) is 63.6 Å². The number of halogens is 4. The summed E-state index contributed by atoms with van der Waals surface area (Å²) in [5, 5.41) is 4.34. The molecule has 2 heterocycles. The molecule has 0 radical (unpaired) electrons. The monoisotopic (exact) mass is 603 g/mol. The molecule has 0 atom stereocenters. The molecule has 0 unspecified atom stereocenters. The van der Waals surface area contributed by atoms with E-state index < -0.39 is 52.6 Å². The van der Waals surface area contributed by atoms with E-state index in [4.69, 9.17) is 9.47 Å². The van der Waals surface area contributed by atoms with Crippen LogP contribution in [0.25, 0.3) is 22.5 Å². The molecule has 0 aliphatic carbocycles. The minimum Gasteiger partial charge on any atom is -0.497 e. The van der Waals surface area contributed by atoms with E-state index in [-0.39, 0.29) is 18.0 Å². The fourth-order valence-corrected chi connectivity index (χ4v) is 5.04. The van der Waals surface area contributed by atoms with Crippen LogP contribution >= 0.6 is 0 Å². The summed E-state index contributed by atoms with van der Waals surface area (Å²) in [5.41, 5.74) is -1.35. The number of ether oxygens (including phenoxy) is 2. The molecule has 0 bridgehead atoms. The van der Waals surface area contributed by atoms with Gasteiger partial charge in [0.15, 0.2) is 0 Å². The molecule has 14 heteroatoms. The van der Waals surface area contributed by atoms with Gasteiger partial charge in [0.25, 0.3) is 10.1 Å². The number of alkyl halides is 3. The van der Waals surface area contributed by atoms with Crippen LogP contribution in [0, 0.1) is 5.95 Å². The van der Waals surface area contributed by atoms with Gasteiger partial charge in [0.1, 0.15) is 18.0 Å². The maximum absolute atomic E-state index is 15.1. The highest BCUT2D eigenvalue weighted by molar-refractivity contribution is 7.87. The molecule has 1 N–H and O–H groups in total. The Morgan fingerprint density at radius 1 is 1.10 bits per heavy atom. The molecule has 220 valence electrons. The quantitative estimate of drug-likeness (QED) is 0.0902. The third-order valence-electron chi connectivity index (χ3n) is 6.34. The van der Waals surface area contributed by atoms with Gasteiger partial charge in [-0.1, -0.05) is 19.6 Å². The Hall–Kier alpha value is -2.81. The molecule has 0 aliphatic heterocycles. The molecule has 0 saturated carbocycles. The van der Waals surface area contributed by atoms with E-state index in [1.807, 2.05) is 0 Å². The van der Waals surface area contributed by atoms with Crippen molar-refractivity contribution in [3.63, 3.8) is 0 Å². The molecule has 1 aromatic carbocycles. The molecule has 0 saturated heterocycles. The van der Waals surface area contributed by atoms with Gasteiger partial charge in [-0.05, 0) is 62.2 Å². The second kappa shape index (κ2) is 11.6. The van der Waals surface area contributed by atoms with Crippen molar-refractivity contribution >= 4 is 18.2 Å². The minimum absolute atomic E-state index is 0.0254. The van der Waals surface area contributed by atoms with Crippen LogP contribution < -0.4 is 4.74 Å². The van der Waals surface area contributed by atoms with Crippen molar-refractivity contribution in [2.75, 3.05) is 13.7 Å². The molecule has 2 aromatic heterocycles. The average Bonchev–Trinajstić information content (AvgIpc) is 3.23. The van der Waals surface area contributed by atoms with Crippen molar-refractivity contribution in [3.8, 4) is 28.3 Å². The highest BCUT2D eigenvalue weighted by atomic mass is 32.2. The Kier molecular flexibility index (Phi) is 9.18. The lowest BCUT2D eigenvalue weighted by Gasteiger charge is -2.23. The normalized spacial score (nSPS) is 13.1. The Bertz CT molecular complexity index is 1450. The van der Waals surface area contributed by atoms with Crippen LogP contribution in [0.2, 0.25) is 25.7 Å². The predicted octanol–water partition coefficient (Wildman–Crippen LogP) is 6.30. The average molecular weight is 604 g/mol. The third-order valence-corrected chi connectivity index (χ3v) is 9.59. The van der Waals surface area contributed by atoms with Gasteiger partial charge in [0.2, 0.25) is 5.95 Å². The highest BCUT2D eigenvalue weighted by Gasteiger charge is 2.42. The summed E-state index contributed by atoms with van der Waals surface area (Å²) in [7, 11) is -4.65. The van der Waals surface area contributed by atoms with E-state index in [2.05, 4.69) is 29.7 Å². The van der Waals surface area contributed by atoms with E-state index in [0.717, 1.165) is 26.0 Å². The highest BCUT2D eigenvalue weighted by Crippen LogP contribution is 2.39. The lowest BCUT2D eigenvalue weighted by Crippen LogP contribution is -2.34. The number of rotatable bonds is 11. The van der Waals surface area contributed by atoms with Crippen LogP contribution in [-0.2, 0) is 34.2 Å². The molecule has 0 aliphatic rings. The number of benzene rings is 1. The second-order valence-electron chi connectivity index (χ2n) is 11.2. The van der Waals surface area contributed by atoms with Crippen molar-refractivity contribution in [3.05, 3.63) is 53.6 Å². The molecule has 0 spiro atoms. The van der Waals surface area contributed by atoms with Gasteiger partial charge >= 0.3 is 6.18 Å². The number of methoxy groups -OCH3 is 1. The molecule has 40 heavy (non-hydrogen) atoms. The van der Waals surface area contributed by atoms with Crippen LogP contribution in [0.15, 0.2) is 36.5 Å². The SMILES string of the molecule is COc1ccc(-c2c(-c3cc(CC(C)(C)S(=O)(=O)O)c(C(F)(F)F)c(F)n3)cnn2COCC[Si](C)(C)C)cc1. The molecule has 0 fully saturated rings. The largest absolute Gasteiger partial charge is 0.497 e. The van der Waals surface area contributed by atoms with Gasteiger partial charge in [-0.2, -0.15) is 31.1 Å². The van der Waals surface area contributed by atoms with E-state index in [0.29, 0.717) is 23.6 Å². The fraction of sp³-hybridized carbons (Fsp3) is 0.462. The molecule has 3 aromatic rings. The first-order chi connectivity index (χ1) is 18.3. The lowest BCUT2D eigenvalue weighted by molar-refractivity contribution is -0.141. The predicted molar refractivity (Wildman–Crippen MR) is 146 cm³/mol. The van der Waals surface area contributed by atoms with Gasteiger partial charge < -0.3 is 9.47 Å². The van der Waals surface area contributed by atoms with Crippen LogP contribution in [-0.4, -0.2) is 54.3 Å². The number of aromatic nitrogens is 3. The fourth-order valence-electron chi connectivity index (χ4n) is 3.94. The third kappa shape index (κ3) is 7.47. The zero-order valence-electron chi connectivity index (χ0n) is 23.1. The van der Waals surface area contributed by atoms with Crippen molar-refractivity contribution in [1.29, 1.82) is 0 Å². The van der Waals surface area contributed by atoms with Crippen LogP contribution in [0.5, 0.6) is 5.75 Å². The van der Waals surface area contributed by atoms with Gasteiger partial charge in [0.05, 0.1) is 29.4 Å². The van der Waals surface area contributed by atoms with Gasteiger partial charge in [-0.25, -0.2) is 9.67 Å². The number of hydrogen-bond acceptors (Lipinski definition) is 6. The summed E-state index contributed by atoms with van der Waals surface area (Å²) in [5.74, 6) is -1.25. The van der Waals surface area contributed by atoms with Gasteiger partial charge in [-0.15, -0.1) is 0 Å². The van der Waals surface area contributed by atoms with Crippen molar-refractivity contribution < 1.29 is 40.0 Å². The van der Waals surface area contributed by atoms with Crippen molar-refractivity contribution in [1.82, 2.24) is 14.8 Å². The van der Waals surface area contributed by atoms with E-state index >= 15 is 4.39 Å². The molecule has 3 rings (SSSR count). The summed E-state index contributed by atoms with van der Waals surface area (Å²) in [6, 6.07) is 8.67. The maximum Gasteiger partial charge on any atom is 0.421 e. The maximum atomic E-state index is 15.1. The van der Waals surface area contributed by atoms with Crippen molar-refractivity contribution in [2.24, 2.45) is 0 Å². The summed E-state index contributed by atoms with van der Waals surface area (Å²) < 4.78 is 100. The number of nitrogens with zero attached hydrogens (tertiary/aromatic N) is 3. The molecule has 0 amide bonds. The van der Waals surface area contributed by atoms with E-state index in [1.54, 1.807) is 24.3 Å². The standard InChI is InChI=1S/C26H33F4N3O5SSi/c1-25(2,39(34,35)36)14-18-13-21(32-24(27)22(18)26(28,29)30)20-15-31-33(16-38-11-12-40(4,5)6)23(20)17-7-9-19(37-3)10-8-17/h7-10,13,15H,11-12,14,16H2,1-6H3,(H,34,35,36). The van der Waals surface area contributed by atoms with E-state index in [1.165, 1.54) is 18.0 Å². The smallest absolute Gasteiger partial charge is 0.421 e. The number of pyridine rings is 1. The van der Waals surface area contributed by atoms with E-state index in [9.17, 15) is 26.1 Å². The Labute approximate surface area is 232 Å². The van der Waals surface area contributed by atoms with Crippen LogP contribution in [0.3, 0.4) is 0 Å². The Morgan fingerprint density at radius 2 is 1.73 bits per heavy atom. The first-order valence-corrected chi connectivity index (χ1v) is 17.5. The molecular weight excluding hydrogens is 570 g/mol. The van der Waals surface area contributed by atoms with Gasteiger partial charge in [0, 0.05) is 25.8 Å². The second-order valence-corrected chi connectivity index (χ2v) is 18.9. The first-order valence-electron chi connectivity index (χ1n) is 12.4. The van der Waals surface area contributed by atoms with Gasteiger partial charge in [-0.3, -0.25) is 4.55 Å². The first kappa shape index (κ1) is 31.7. The zero-order chi connectivity index (χ0) is 30.1. The number of hydrogen-bond donors (Lipinski definition) is 1. The summed E-state index contributed by atoms with van der Waals surface area (Å²) in [6.45, 7) is 9.23. The Morgan fingerprint density at radius 3 is 2.25 bits per heavy atom.